The summed E-state index contributed by atoms with van der Waals surface area (Å²) in [5.41, 5.74) is 0.684. The van der Waals surface area contributed by atoms with Gasteiger partial charge in [-0.3, -0.25) is 9.69 Å². The molecule has 9 atom stereocenters. The minimum absolute atomic E-state index is 0. The molecule has 2 aliphatic heterocycles. The first-order chi connectivity index (χ1) is 17.2. The number of piperidine rings is 2. The number of rotatable bonds is 3. The minimum atomic E-state index is -0.0599. The number of esters is 1. The lowest BCUT2D eigenvalue weighted by Gasteiger charge is -2.62. The predicted octanol–water partition coefficient (Wildman–Crippen LogP) is 3.43. The summed E-state index contributed by atoms with van der Waals surface area (Å²) in [5.74, 6) is 3.33. The Balaban J connectivity index is 0.00000280. The highest BCUT2D eigenvalue weighted by Gasteiger charge is 2.64. The van der Waals surface area contributed by atoms with Crippen LogP contribution in [-0.2, 0) is 9.53 Å². The van der Waals surface area contributed by atoms with Gasteiger partial charge in [-0.1, -0.05) is 20.3 Å². The van der Waals surface area contributed by atoms with Crippen molar-refractivity contribution in [2.24, 2.45) is 34.5 Å². The van der Waals surface area contributed by atoms with Crippen molar-refractivity contribution in [1.29, 1.82) is 0 Å². The van der Waals surface area contributed by atoms with Crippen molar-refractivity contribution < 1.29 is 31.0 Å². The summed E-state index contributed by atoms with van der Waals surface area (Å²) in [4.78, 5) is 15.1. The topological polar surface area (TPSA) is 29.5 Å². The van der Waals surface area contributed by atoms with Crippen molar-refractivity contribution in [2.45, 2.75) is 129 Å². The van der Waals surface area contributed by atoms with E-state index in [9.17, 15) is 4.79 Å². The van der Waals surface area contributed by atoms with E-state index in [1.165, 1.54) is 121 Å². The van der Waals surface area contributed by atoms with Crippen molar-refractivity contribution in [3.8, 4) is 0 Å². The van der Waals surface area contributed by atoms with Crippen LogP contribution in [0.4, 0.5) is 0 Å². The summed E-state index contributed by atoms with van der Waals surface area (Å²) in [7, 11) is 2.61. The maximum absolute atomic E-state index is 12.3. The highest BCUT2D eigenvalue weighted by molar-refractivity contribution is 5.66. The summed E-state index contributed by atoms with van der Waals surface area (Å²) in [6.45, 7) is 12.2. The van der Waals surface area contributed by atoms with Crippen LogP contribution in [0, 0.1) is 34.5 Å². The first-order valence-corrected chi connectivity index (χ1v) is 16.0. The second-order valence-electron chi connectivity index (χ2n) is 15.1. The number of likely N-dealkylation sites (tertiary alicyclic amines) is 2. The van der Waals surface area contributed by atoms with Crippen molar-refractivity contribution in [2.75, 3.05) is 33.2 Å². The van der Waals surface area contributed by atoms with Gasteiger partial charge in [0.1, 0.15) is 6.10 Å². The predicted molar refractivity (Wildman–Crippen MR) is 145 cm³/mol. The van der Waals surface area contributed by atoms with E-state index in [1.54, 1.807) is 6.92 Å². The SMILES string of the molecule is CC(=O)O[C@H]1[C@@H](N2CCCCC2)CC2C3CCC4CC[C@@H]([N+]5(C)CCCCC5)C[C@]4(C)C3CC[C@@]21C.[Br-]. The van der Waals surface area contributed by atoms with Gasteiger partial charge in [0.25, 0.3) is 0 Å². The molecule has 0 N–H and O–H groups in total. The summed E-state index contributed by atoms with van der Waals surface area (Å²) < 4.78 is 7.66. The molecule has 0 radical (unpaired) electrons. The molecule has 2 heterocycles. The average Bonchev–Trinajstić information content (AvgIpc) is 3.16. The van der Waals surface area contributed by atoms with Gasteiger partial charge in [0.15, 0.2) is 0 Å². The maximum atomic E-state index is 12.3. The van der Waals surface area contributed by atoms with Crippen LogP contribution in [0.2, 0.25) is 0 Å². The Morgan fingerprint density at radius 1 is 0.865 bits per heavy atom. The highest BCUT2D eigenvalue weighted by atomic mass is 79.9. The molecular weight excluding hydrogens is 524 g/mol. The van der Waals surface area contributed by atoms with Crippen LogP contribution in [0.5, 0.6) is 0 Å². The molecule has 4 unspecified atom stereocenters. The van der Waals surface area contributed by atoms with Crippen molar-refractivity contribution >= 4 is 5.97 Å². The lowest BCUT2D eigenvalue weighted by Crippen LogP contribution is -3.00. The van der Waals surface area contributed by atoms with Crippen LogP contribution in [0.3, 0.4) is 0 Å². The number of hydrogen-bond acceptors (Lipinski definition) is 3. The van der Waals surface area contributed by atoms with Gasteiger partial charge in [0, 0.05) is 24.8 Å². The first-order valence-electron chi connectivity index (χ1n) is 16.0. The van der Waals surface area contributed by atoms with Gasteiger partial charge >= 0.3 is 5.97 Å². The van der Waals surface area contributed by atoms with Crippen LogP contribution in [-0.4, -0.2) is 66.8 Å². The number of ether oxygens (including phenoxy) is 1. The molecule has 37 heavy (non-hydrogen) atoms. The highest BCUT2D eigenvalue weighted by Crippen LogP contribution is 2.67. The molecule has 0 spiro atoms. The number of fused-ring (bicyclic) bond motifs is 5. The van der Waals surface area contributed by atoms with Crippen LogP contribution in [0.1, 0.15) is 111 Å². The molecule has 4 nitrogen and oxygen atoms in total. The van der Waals surface area contributed by atoms with E-state index in [0.29, 0.717) is 11.5 Å². The molecule has 0 aromatic carbocycles. The Hall–Kier alpha value is -0.130. The van der Waals surface area contributed by atoms with Gasteiger partial charge in [-0.25, -0.2) is 0 Å². The van der Waals surface area contributed by atoms with Crippen molar-refractivity contribution in [3.05, 3.63) is 0 Å². The van der Waals surface area contributed by atoms with E-state index in [2.05, 4.69) is 25.8 Å². The number of carbonyl (C=O) groups is 1. The molecule has 6 rings (SSSR count). The number of hydrogen-bond donors (Lipinski definition) is 0. The van der Waals surface area contributed by atoms with Crippen LogP contribution in [0.25, 0.3) is 0 Å². The smallest absolute Gasteiger partial charge is 0.302 e. The normalized spacial score (nSPS) is 47.6. The van der Waals surface area contributed by atoms with Crippen LogP contribution in [0.15, 0.2) is 0 Å². The second-order valence-corrected chi connectivity index (χ2v) is 15.1. The summed E-state index contributed by atoms with van der Waals surface area (Å²) in [6.07, 6.45) is 19.6. The van der Waals surface area contributed by atoms with Crippen molar-refractivity contribution in [3.63, 3.8) is 0 Å². The van der Waals surface area contributed by atoms with E-state index in [1.807, 2.05) is 0 Å². The number of carbonyl (C=O) groups excluding carboxylic acids is 1. The van der Waals surface area contributed by atoms with E-state index < -0.39 is 0 Å². The Morgan fingerprint density at radius 3 is 2.24 bits per heavy atom. The quantitative estimate of drug-likeness (QED) is 0.379. The molecule has 2 saturated heterocycles. The summed E-state index contributed by atoms with van der Waals surface area (Å²) in [5, 5.41) is 0. The van der Waals surface area contributed by atoms with Gasteiger partial charge in [-0.05, 0) is 119 Å². The van der Waals surface area contributed by atoms with Crippen LogP contribution < -0.4 is 17.0 Å². The van der Waals surface area contributed by atoms with Gasteiger partial charge in [0.05, 0.1) is 26.2 Å². The molecule has 4 saturated carbocycles. The van der Waals surface area contributed by atoms with Gasteiger partial charge in [0.2, 0.25) is 0 Å². The number of quaternary nitrogens is 1. The third kappa shape index (κ3) is 4.77. The zero-order valence-corrected chi connectivity index (χ0v) is 25.9. The third-order valence-electron chi connectivity index (χ3n) is 13.4. The molecule has 0 bridgehead atoms. The van der Waals surface area contributed by atoms with E-state index in [-0.39, 0.29) is 34.5 Å². The molecule has 0 amide bonds. The molecule has 0 aromatic heterocycles. The van der Waals surface area contributed by atoms with Crippen LogP contribution >= 0.6 is 0 Å². The van der Waals surface area contributed by atoms with E-state index >= 15 is 0 Å². The standard InChI is InChI=1S/C32H55N2O2.BrH/c1-23(35)36-30-29(33-17-7-5-8-18-33)21-28-26-14-12-24-11-13-25(34(4)19-9-6-10-20-34)22-32(24,3)27(26)15-16-31(28,30)2;/h24-30H,5-22H2,1-4H3;1H/q+1;/p-1/t24?,25-,26?,27?,28?,29+,30+,31+,32+;/m1./s1. The zero-order valence-electron chi connectivity index (χ0n) is 24.4. The Bertz CT molecular complexity index is 824. The van der Waals surface area contributed by atoms with Crippen molar-refractivity contribution in [1.82, 2.24) is 4.90 Å². The fourth-order valence-electron chi connectivity index (χ4n) is 11.4. The average molecular weight is 580 g/mol. The largest absolute Gasteiger partial charge is 1.00 e. The second kappa shape index (κ2) is 10.7. The molecule has 5 heteroatoms. The lowest BCUT2D eigenvalue weighted by atomic mass is 9.44. The molecule has 212 valence electrons. The lowest BCUT2D eigenvalue weighted by molar-refractivity contribution is -0.940. The molecule has 0 aromatic rings. The van der Waals surface area contributed by atoms with E-state index in [0.717, 1.165) is 29.7 Å². The Labute approximate surface area is 238 Å². The minimum Gasteiger partial charge on any atom is -1.00 e. The number of nitrogens with zero attached hydrogens (tertiary/aromatic N) is 2. The maximum Gasteiger partial charge on any atom is 0.302 e. The Morgan fingerprint density at radius 2 is 1.54 bits per heavy atom. The fraction of sp³-hybridized carbons (Fsp3) is 0.969. The summed E-state index contributed by atoms with van der Waals surface area (Å²) in [6, 6.07) is 1.34. The van der Waals surface area contributed by atoms with Gasteiger partial charge < -0.3 is 26.2 Å². The zero-order chi connectivity index (χ0) is 25.1. The monoisotopic (exact) mass is 578 g/mol. The van der Waals surface area contributed by atoms with E-state index in [4.69, 9.17) is 4.74 Å². The third-order valence-corrected chi connectivity index (χ3v) is 13.4. The molecule has 6 aliphatic rings. The van der Waals surface area contributed by atoms with Gasteiger partial charge in [-0.15, -0.1) is 0 Å². The fourth-order valence-corrected chi connectivity index (χ4v) is 11.4. The Kier molecular flexibility index (Phi) is 8.21. The summed E-state index contributed by atoms with van der Waals surface area (Å²) >= 11 is 0. The molecule has 6 fully saturated rings. The number of halogens is 1. The molecule has 4 aliphatic carbocycles. The molecular formula is C32H55BrN2O2. The van der Waals surface area contributed by atoms with Gasteiger partial charge in [-0.2, -0.15) is 0 Å². The first kappa shape index (κ1) is 28.4.